The Hall–Kier alpha value is -1.67. The van der Waals surface area contributed by atoms with Crippen molar-refractivity contribution in [1.29, 1.82) is 0 Å². The number of allylic oxidation sites excluding steroid dienone is 2. The number of hydrogen-bond donors (Lipinski definition) is 0. The number of carbonyl (C=O) groups is 1. The molecular weight excluding hydrogens is 300 g/mol. The zero-order chi connectivity index (χ0) is 13.5. The van der Waals surface area contributed by atoms with Crippen molar-refractivity contribution in [2.24, 2.45) is 0 Å². The molecule has 0 atom stereocenters. The van der Waals surface area contributed by atoms with Crippen LogP contribution in [0.2, 0.25) is 0 Å². The van der Waals surface area contributed by atoms with Crippen LogP contribution in [0.1, 0.15) is 22.3 Å². The summed E-state index contributed by atoms with van der Waals surface area (Å²) in [6.07, 6.45) is 5.43. The van der Waals surface area contributed by atoms with E-state index in [9.17, 15) is 4.79 Å². The molecule has 2 rings (SSSR count). The number of halogens is 1. The van der Waals surface area contributed by atoms with Gasteiger partial charge in [0.05, 0.1) is 0 Å². The molecule has 1 nitrogen and oxygen atoms in total. The standard InChI is InChI=1S/C17H15BrO/c18-16-12-10-14(11-13-16)6-4-5-9-17(19)15-7-2-1-3-8-15/h1-3,5,7-13H,4,6H2/b9-5+. The Balaban J connectivity index is 1.84. The molecule has 2 aromatic rings. The Morgan fingerprint density at radius 3 is 2.37 bits per heavy atom. The summed E-state index contributed by atoms with van der Waals surface area (Å²) in [6.45, 7) is 0. The largest absolute Gasteiger partial charge is 0.289 e. The Bertz CT molecular complexity index is 556. The molecule has 0 N–H and O–H groups in total. The van der Waals surface area contributed by atoms with Gasteiger partial charge in [0.25, 0.3) is 0 Å². The van der Waals surface area contributed by atoms with Crippen LogP contribution in [-0.2, 0) is 6.42 Å². The van der Waals surface area contributed by atoms with Crippen molar-refractivity contribution in [2.45, 2.75) is 12.8 Å². The van der Waals surface area contributed by atoms with Crippen LogP contribution in [0.15, 0.2) is 71.2 Å². The summed E-state index contributed by atoms with van der Waals surface area (Å²) in [4.78, 5) is 11.8. The zero-order valence-corrected chi connectivity index (χ0v) is 12.1. The van der Waals surface area contributed by atoms with Gasteiger partial charge >= 0.3 is 0 Å². The van der Waals surface area contributed by atoms with Crippen LogP contribution in [0.5, 0.6) is 0 Å². The third-order valence-electron chi connectivity index (χ3n) is 2.84. The van der Waals surface area contributed by atoms with Gasteiger partial charge in [-0.1, -0.05) is 64.5 Å². The van der Waals surface area contributed by atoms with E-state index in [1.165, 1.54) is 5.56 Å². The van der Waals surface area contributed by atoms with Gasteiger partial charge < -0.3 is 0 Å². The molecule has 96 valence electrons. The molecular formula is C17H15BrO. The maximum atomic E-state index is 11.8. The van der Waals surface area contributed by atoms with E-state index in [2.05, 4.69) is 28.1 Å². The summed E-state index contributed by atoms with van der Waals surface area (Å²) >= 11 is 3.41. The fourth-order valence-electron chi connectivity index (χ4n) is 1.79. The van der Waals surface area contributed by atoms with Gasteiger partial charge in [-0.05, 0) is 36.6 Å². The van der Waals surface area contributed by atoms with Gasteiger partial charge in [-0.25, -0.2) is 0 Å². The van der Waals surface area contributed by atoms with E-state index in [1.54, 1.807) is 6.08 Å². The van der Waals surface area contributed by atoms with Gasteiger partial charge in [-0.3, -0.25) is 4.79 Å². The second-order valence-corrected chi connectivity index (χ2v) is 5.21. The van der Waals surface area contributed by atoms with Crippen LogP contribution >= 0.6 is 15.9 Å². The Morgan fingerprint density at radius 2 is 1.68 bits per heavy atom. The van der Waals surface area contributed by atoms with Crippen LogP contribution in [0, 0.1) is 0 Å². The van der Waals surface area contributed by atoms with Gasteiger partial charge in [0.2, 0.25) is 0 Å². The van der Waals surface area contributed by atoms with Crippen LogP contribution in [0.3, 0.4) is 0 Å². The van der Waals surface area contributed by atoms with Gasteiger partial charge in [-0.15, -0.1) is 0 Å². The number of aryl methyl sites for hydroxylation is 1. The summed E-state index contributed by atoms with van der Waals surface area (Å²) in [5, 5.41) is 0. The average Bonchev–Trinajstić information content (AvgIpc) is 2.46. The van der Waals surface area contributed by atoms with Crippen LogP contribution in [-0.4, -0.2) is 5.78 Å². The first-order valence-corrected chi connectivity index (χ1v) is 7.05. The van der Waals surface area contributed by atoms with Gasteiger partial charge in [0, 0.05) is 10.0 Å². The Labute approximate surface area is 122 Å². The van der Waals surface area contributed by atoms with Gasteiger partial charge in [0.15, 0.2) is 5.78 Å². The second kappa shape index (κ2) is 7.05. The molecule has 0 amide bonds. The molecule has 0 fully saturated rings. The van der Waals surface area contributed by atoms with E-state index in [-0.39, 0.29) is 5.78 Å². The van der Waals surface area contributed by atoms with Gasteiger partial charge in [0.1, 0.15) is 0 Å². The Kier molecular flexibility index (Phi) is 5.10. The van der Waals surface area contributed by atoms with E-state index >= 15 is 0 Å². The third kappa shape index (κ3) is 4.49. The predicted molar refractivity (Wildman–Crippen MR) is 82.4 cm³/mol. The zero-order valence-electron chi connectivity index (χ0n) is 10.6. The molecule has 19 heavy (non-hydrogen) atoms. The molecule has 0 saturated carbocycles. The first-order chi connectivity index (χ1) is 9.25. The number of hydrogen-bond acceptors (Lipinski definition) is 1. The molecule has 2 heteroatoms. The van der Waals surface area contributed by atoms with Crippen LogP contribution in [0.4, 0.5) is 0 Å². The van der Waals surface area contributed by atoms with E-state index in [1.807, 2.05) is 48.5 Å². The minimum Gasteiger partial charge on any atom is -0.289 e. The Morgan fingerprint density at radius 1 is 1.00 bits per heavy atom. The van der Waals surface area contributed by atoms with Crippen LogP contribution in [0.25, 0.3) is 0 Å². The maximum absolute atomic E-state index is 11.8. The molecule has 0 aromatic heterocycles. The summed E-state index contributed by atoms with van der Waals surface area (Å²) in [7, 11) is 0. The molecule has 0 aliphatic heterocycles. The summed E-state index contributed by atoms with van der Waals surface area (Å²) in [5.41, 5.74) is 2.02. The van der Waals surface area contributed by atoms with Crippen molar-refractivity contribution in [3.8, 4) is 0 Å². The first-order valence-electron chi connectivity index (χ1n) is 6.26. The predicted octanol–water partition coefficient (Wildman–Crippen LogP) is 4.82. The molecule has 0 heterocycles. The van der Waals surface area contributed by atoms with E-state index < -0.39 is 0 Å². The monoisotopic (exact) mass is 314 g/mol. The van der Waals surface area contributed by atoms with E-state index in [4.69, 9.17) is 0 Å². The molecule has 2 aromatic carbocycles. The fourth-order valence-corrected chi connectivity index (χ4v) is 2.05. The summed E-state index contributed by atoms with van der Waals surface area (Å²) in [5.74, 6) is 0.0661. The van der Waals surface area contributed by atoms with Gasteiger partial charge in [-0.2, -0.15) is 0 Å². The molecule has 0 unspecified atom stereocenters. The highest BCUT2D eigenvalue weighted by Gasteiger charge is 1.98. The smallest absolute Gasteiger partial charge is 0.185 e. The number of ketones is 1. The quantitative estimate of drug-likeness (QED) is 0.571. The molecule has 0 aliphatic rings. The molecule has 0 spiro atoms. The SMILES string of the molecule is O=C(/C=C/CCc1ccc(Br)cc1)c1ccccc1. The van der Waals surface area contributed by atoms with Crippen LogP contribution < -0.4 is 0 Å². The number of benzene rings is 2. The van der Waals surface area contributed by atoms with Crippen molar-refractivity contribution in [1.82, 2.24) is 0 Å². The highest BCUT2D eigenvalue weighted by atomic mass is 79.9. The lowest BCUT2D eigenvalue weighted by Crippen LogP contribution is -1.93. The fraction of sp³-hybridized carbons (Fsp3) is 0.118. The third-order valence-corrected chi connectivity index (χ3v) is 3.37. The van der Waals surface area contributed by atoms with Crippen molar-refractivity contribution in [3.63, 3.8) is 0 Å². The van der Waals surface area contributed by atoms with E-state index in [0.29, 0.717) is 0 Å². The van der Waals surface area contributed by atoms with E-state index in [0.717, 1.165) is 22.9 Å². The highest BCUT2D eigenvalue weighted by Crippen LogP contribution is 2.12. The summed E-state index contributed by atoms with van der Waals surface area (Å²) in [6, 6.07) is 17.6. The lowest BCUT2D eigenvalue weighted by molar-refractivity contribution is 0.104. The average molecular weight is 315 g/mol. The highest BCUT2D eigenvalue weighted by molar-refractivity contribution is 9.10. The number of carbonyl (C=O) groups excluding carboxylic acids is 1. The molecule has 0 aliphatic carbocycles. The lowest BCUT2D eigenvalue weighted by Gasteiger charge is -1.98. The van der Waals surface area contributed by atoms with Crippen molar-refractivity contribution >= 4 is 21.7 Å². The normalized spacial score (nSPS) is 10.8. The molecule has 0 radical (unpaired) electrons. The maximum Gasteiger partial charge on any atom is 0.185 e. The second-order valence-electron chi connectivity index (χ2n) is 4.30. The summed E-state index contributed by atoms with van der Waals surface area (Å²) < 4.78 is 1.09. The van der Waals surface area contributed by atoms with Crippen molar-refractivity contribution in [3.05, 3.63) is 82.3 Å². The molecule has 0 bridgehead atoms. The molecule has 0 saturated heterocycles. The topological polar surface area (TPSA) is 17.1 Å². The number of rotatable bonds is 5. The first kappa shape index (κ1) is 13.8. The van der Waals surface area contributed by atoms with Crippen molar-refractivity contribution in [2.75, 3.05) is 0 Å². The van der Waals surface area contributed by atoms with Crippen molar-refractivity contribution < 1.29 is 4.79 Å². The lowest BCUT2D eigenvalue weighted by atomic mass is 10.1. The minimum atomic E-state index is 0.0661. The minimum absolute atomic E-state index is 0.0661.